The molecule has 1 aromatic rings. The Morgan fingerprint density at radius 1 is 1.33 bits per heavy atom. The van der Waals surface area contributed by atoms with Crippen molar-refractivity contribution in [2.45, 2.75) is 18.6 Å². The van der Waals surface area contributed by atoms with E-state index in [0.717, 1.165) is 11.0 Å². The zero-order chi connectivity index (χ0) is 18.4. The zero-order valence-corrected chi connectivity index (χ0v) is 12.5. The van der Waals surface area contributed by atoms with Crippen LogP contribution >= 0.6 is 0 Å². The third kappa shape index (κ3) is 2.46. The van der Waals surface area contributed by atoms with Crippen molar-refractivity contribution in [3.8, 4) is 0 Å². The Balaban J connectivity index is 2.60. The second kappa shape index (κ2) is 5.44. The molecule has 0 radical (unpaired) electrons. The highest BCUT2D eigenvalue weighted by Gasteiger charge is 2.53. The lowest BCUT2D eigenvalue weighted by molar-refractivity contribution is -0.388. The summed E-state index contributed by atoms with van der Waals surface area (Å²) in [5.41, 5.74) is -4.86. The Bertz CT molecular complexity index is 736. The van der Waals surface area contributed by atoms with E-state index in [4.69, 9.17) is 0 Å². The van der Waals surface area contributed by atoms with Crippen LogP contribution < -0.4 is 4.90 Å². The summed E-state index contributed by atoms with van der Waals surface area (Å²) in [4.78, 5) is 35.4. The monoisotopic (exact) mass is 347 g/mol. The zero-order valence-electron chi connectivity index (χ0n) is 12.5. The highest BCUT2D eigenvalue weighted by Crippen LogP contribution is 2.40. The molecule has 1 fully saturated rings. The predicted molar refractivity (Wildman–Crippen MR) is 74.2 cm³/mol. The maximum atomic E-state index is 13.0. The topological polar surface area (TPSA) is 104 Å². The van der Waals surface area contributed by atoms with Gasteiger partial charge in [0.2, 0.25) is 0 Å². The maximum absolute atomic E-state index is 13.0. The minimum atomic E-state index is -5.05. The fraction of sp³-hybridized carbons (Fsp3) is 0.385. The Morgan fingerprint density at radius 2 is 1.92 bits per heavy atom. The van der Waals surface area contributed by atoms with Crippen LogP contribution in [0.1, 0.15) is 12.5 Å². The summed E-state index contributed by atoms with van der Waals surface area (Å²) in [5.74, 6) is -0.931. The van der Waals surface area contributed by atoms with Crippen molar-refractivity contribution < 1.29 is 32.8 Å². The molecule has 1 heterocycles. The number of likely N-dealkylation sites (N-methyl/N-ethyl adjacent to an activating group) is 1. The molecule has 1 aliphatic heterocycles. The van der Waals surface area contributed by atoms with Gasteiger partial charge in [-0.15, -0.1) is 0 Å². The van der Waals surface area contributed by atoms with Crippen LogP contribution in [0, 0.1) is 10.1 Å². The quantitative estimate of drug-likeness (QED) is 0.510. The number of hydrogen-bond acceptors (Lipinski definition) is 5. The Kier molecular flexibility index (Phi) is 4.00. The summed E-state index contributed by atoms with van der Waals surface area (Å²) in [6, 6.07) is 0.872. The molecule has 0 spiro atoms. The third-order valence-corrected chi connectivity index (χ3v) is 3.93. The summed E-state index contributed by atoms with van der Waals surface area (Å²) in [5, 5.41) is 20.1. The molecule has 24 heavy (non-hydrogen) atoms. The van der Waals surface area contributed by atoms with Gasteiger partial charge in [-0.2, -0.15) is 13.2 Å². The van der Waals surface area contributed by atoms with Crippen molar-refractivity contribution in [3.63, 3.8) is 0 Å². The number of nitrogens with zero attached hydrogens (tertiary/aromatic N) is 3. The maximum Gasteiger partial charge on any atom is 0.423 e. The van der Waals surface area contributed by atoms with E-state index in [9.17, 15) is 38.0 Å². The number of carbonyl (C=O) groups is 2. The fourth-order valence-corrected chi connectivity index (χ4v) is 2.28. The first kappa shape index (κ1) is 17.7. The SMILES string of the molecule is CN1C(=O)N(c2ccc([N+](=O)[O-])c(C(F)(F)F)c2)C(=O)C1(C)CO. The summed E-state index contributed by atoms with van der Waals surface area (Å²) in [6.07, 6.45) is -5.05. The second-order valence-corrected chi connectivity index (χ2v) is 5.37. The van der Waals surface area contributed by atoms with Crippen LogP contribution in [0.3, 0.4) is 0 Å². The molecule has 0 aromatic heterocycles. The van der Waals surface area contributed by atoms with E-state index in [1.165, 1.54) is 14.0 Å². The van der Waals surface area contributed by atoms with E-state index >= 15 is 0 Å². The predicted octanol–water partition coefficient (Wildman–Crippen LogP) is 1.76. The lowest BCUT2D eigenvalue weighted by atomic mass is 10.0. The number of aliphatic hydroxyl groups excluding tert-OH is 1. The number of alkyl halides is 3. The highest BCUT2D eigenvalue weighted by atomic mass is 19.4. The minimum absolute atomic E-state index is 0.366. The van der Waals surface area contributed by atoms with Gasteiger partial charge in [-0.05, 0) is 19.1 Å². The highest BCUT2D eigenvalue weighted by molar-refractivity contribution is 6.23. The molecular weight excluding hydrogens is 335 g/mol. The van der Waals surface area contributed by atoms with E-state index in [2.05, 4.69) is 0 Å². The van der Waals surface area contributed by atoms with Crippen molar-refractivity contribution in [3.05, 3.63) is 33.9 Å². The van der Waals surface area contributed by atoms with Gasteiger partial charge in [0.05, 0.1) is 17.2 Å². The molecular formula is C13H12F3N3O5. The van der Waals surface area contributed by atoms with Crippen molar-refractivity contribution in [1.82, 2.24) is 4.90 Å². The molecule has 130 valence electrons. The van der Waals surface area contributed by atoms with Crippen LogP contribution in [-0.4, -0.2) is 46.1 Å². The summed E-state index contributed by atoms with van der Waals surface area (Å²) in [7, 11) is 1.21. The van der Waals surface area contributed by atoms with Gasteiger partial charge in [-0.3, -0.25) is 14.9 Å². The van der Waals surface area contributed by atoms with Gasteiger partial charge in [-0.25, -0.2) is 9.69 Å². The molecule has 3 amide bonds. The molecule has 1 aliphatic rings. The van der Waals surface area contributed by atoms with Gasteiger partial charge in [0.25, 0.3) is 11.6 Å². The minimum Gasteiger partial charge on any atom is -0.393 e. The normalized spacial score (nSPS) is 21.6. The summed E-state index contributed by atoms with van der Waals surface area (Å²) < 4.78 is 39.1. The molecule has 1 saturated heterocycles. The lowest BCUT2D eigenvalue weighted by Gasteiger charge is -2.25. The van der Waals surface area contributed by atoms with E-state index in [0.29, 0.717) is 17.0 Å². The van der Waals surface area contributed by atoms with Crippen molar-refractivity contribution in [2.24, 2.45) is 0 Å². The molecule has 1 aromatic carbocycles. The number of urea groups is 1. The fourth-order valence-electron chi connectivity index (χ4n) is 2.28. The van der Waals surface area contributed by atoms with Crippen molar-refractivity contribution in [2.75, 3.05) is 18.6 Å². The smallest absolute Gasteiger partial charge is 0.393 e. The molecule has 0 aliphatic carbocycles. The number of carbonyl (C=O) groups excluding carboxylic acids is 2. The Morgan fingerprint density at radius 3 is 2.33 bits per heavy atom. The molecule has 11 heteroatoms. The van der Waals surface area contributed by atoms with E-state index < -0.39 is 52.1 Å². The standard InChI is InChI=1S/C13H12F3N3O5/c1-12(6-20)10(21)18(11(22)17(12)2)7-3-4-9(19(23)24)8(5-7)13(14,15)16/h3-5,20H,6H2,1-2H3. The molecule has 2 rings (SSSR count). The average Bonchev–Trinajstić information content (AvgIpc) is 2.67. The molecule has 0 bridgehead atoms. The number of amides is 3. The average molecular weight is 347 g/mol. The van der Waals surface area contributed by atoms with Crippen molar-refractivity contribution in [1.29, 1.82) is 0 Å². The van der Waals surface area contributed by atoms with Crippen LogP contribution in [0.15, 0.2) is 18.2 Å². The Labute approximate surface area is 133 Å². The molecule has 1 atom stereocenters. The van der Waals surface area contributed by atoms with E-state index in [1.54, 1.807) is 0 Å². The number of hydrogen-bond donors (Lipinski definition) is 1. The van der Waals surface area contributed by atoms with Gasteiger partial charge in [-0.1, -0.05) is 0 Å². The van der Waals surface area contributed by atoms with E-state index in [-0.39, 0.29) is 0 Å². The summed E-state index contributed by atoms with van der Waals surface area (Å²) >= 11 is 0. The van der Waals surface area contributed by atoms with Gasteiger partial charge >= 0.3 is 12.2 Å². The van der Waals surface area contributed by atoms with E-state index in [1.807, 2.05) is 0 Å². The first-order chi connectivity index (χ1) is 10.9. The number of nitro groups is 1. The largest absolute Gasteiger partial charge is 0.423 e. The molecule has 0 saturated carbocycles. The van der Waals surface area contributed by atoms with Crippen LogP contribution in [0.2, 0.25) is 0 Å². The molecule has 1 N–H and O–H groups in total. The van der Waals surface area contributed by atoms with Crippen LogP contribution in [0.5, 0.6) is 0 Å². The van der Waals surface area contributed by atoms with Gasteiger partial charge in [0.15, 0.2) is 0 Å². The number of benzene rings is 1. The van der Waals surface area contributed by atoms with Crippen molar-refractivity contribution >= 4 is 23.3 Å². The van der Waals surface area contributed by atoms with Gasteiger partial charge < -0.3 is 10.0 Å². The number of aliphatic hydroxyl groups is 1. The number of anilines is 1. The number of nitro benzene ring substituents is 1. The lowest BCUT2D eigenvalue weighted by Crippen LogP contribution is -2.48. The van der Waals surface area contributed by atoms with Crippen LogP contribution in [0.25, 0.3) is 0 Å². The van der Waals surface area contributed by atoms with Gasteiger partial charge in [0.1, 0.15) is 11.1 Å². The molecule has 1 unspecified atom stereocenters. The number of halogens is 3. The first-order valence-corrected chi connectivity index (χ1v) is 6.54. The molecule has 8 nitrogen and oxygen atoms in total. The van der Waals surface area contributed by atoms with Gasteiger partial charge in [0, 0.05) is 13.1 Å². The van der Waals surface area contributed by atoms with Crippen LogP contribution in [-0.2, 0) is 11.0 Å². The second-order valence-electron chi connectivity index (χ2n) is 5.37. The number of rotatable bonds is 3. The number of imide groups is 1. The first-order valence-electron chi connectivity index (χ1n) is 6.54. The summed E-state index contributed by atoms with van der Waals surface area (Å²) in [6.45, 7) is 0.521. The third-order valence-electron chi connectivity index (χ3n) is 3.93. The Hall–Kier alpha value is -2.69. The van der Waals surface area contributed by atoms with Crippen LogP contribution in [0.4, 0.5) is 29.3 Å².